The molecule has 0 saturated heterocycles. The van der Waals surface area contributed by atoms with Crippen LogP contribution in [0.1, 0.15) is 6.92 Å². The van der Waals surface area contributed by atoms with E-state index >= 15 is 0 Å². The highest BCUT2D eigenvalue weighted by molar-refractivity contribution is 7.98. The Morgan fingerprint density at radius 2 is 2.36 bits per heavy atom. The number of nitrogens with zero attached hydrogens (tertiary/aromatic N) is 4. The second-order valence-corrected chi connectivity index (χ2v) is 6.54. The number of hydrogen-bond donors (Lipinski definition) is 0. The molecule has 9 heteroatoms. The van der Waals surface area contributed by atoms with Gasteiger partial charge in [-0.25, -0.2) is 4.68 Å². The summed E-state index contributed by atoms with van der Waals surface area (Å²) in [6.45, 7) is 2.49. The lowest BCUT2D eigenvalue weighted by atomic mass is 10.2. The molecule has 2 aromatic heterocycles. The van der Waals surface area contributed by atoms with Gasteiger partial charge in [-0.1, -0.05) is 18.5 Å². The van der Waals surface area contributed by atoms with Crippen LogP contribution in [0.5, 0.6) is 0 Å². The van der Waals surface area contributed by atoms with Gasteiger partial charge in [0.25, 0.3) is 6.47 Å². The Kier molecular flexibility index (Phi) is 7.27. The molecular formula is C16H19ClN4O3S. The Hall–Kier alpha value is -2.06. The van der Waals surface area contributed by atoms with E-state index in [2.05, 4.69) is 10.1 Å². The summed E-state index contributed by atoms with van der Waals surface area (Å²) >= 11 is 7.85. The van der Waals surface area contributed by atoms with Crippen LogP contribution in [-0.2, 0) is 14.3 Å². The van der Waals surface area contributed by atoms with Crippen LogP contribution < -0.4 is 4.90 Å². The Morgan fingerprint density at radius 1 is 1.56 bits per heavy atom. The van der Waals surface area contributed by atoms with Crippen LogP contribution in [0.2, 0.25) is 5.15 Å². The molecule has 2 aromatic rings. The average molecular weight is 383 g/mol. The molecule has 0 aliphatic carbocycles. The van der Waals surface area contributed by atoms with E-state index in [9.17, 15) is 9.59 Å². The molecule has 0 N–H and O–H groups in total. The average Bonchev–Trinajstić information content (AvgIpc) is 3.01. The van der Waals surface area contributed by atoms with Gasteiger partial charge in [0.1, 0.15) is 12.3 Å². The molecule has 0 fully saturated rings. The first-order valence-corrected chi connectivity index (χ1v) is 9.36. The molecule has 1 amide bonds. The Labute approximate surface area is 155 Å². The Bertz CT molecular complexity index is 711. The van der Waals surface area contributed by atoms with Crippen molar-refractivity contribution in [2.45, 2.75) is 6.92 Å². The van der Waals surface area contributed by atoms with Crippen LogP contribution in [-0.4, -0.2) is 52.3 Å². The summed E-state index contributed by atoms with van der Waals surface area (Å²) in [6, 6.07) is 3.62. The molecule has 134 valence electrons. The molecule has 2 rings (SSSR count). The van der Waals surface area contributed by atoms with Gasteiger partial charge in [0.05, 0.1) is 24.6 Å². The lowest BCUT2D eigenvalue weighted by Gasteiger charge is -2.24. The van der Waals surface area contributed by atoms with Crippen LogP contribution >= 0.6 is 23.4 Å². The second-order valence-electron chi connectivity index (χ2n) is 5.27. The first kappa shape index (κ1) is 19.3. The van der Waals surface area contributed by atoms with Gasteiger partial charge in [0.15, 0.2) is 5.15 Å². The number of rotatable bonds is 9. The zero-order valence-corrected chi connectivity index (χ0v) is 15.5. The van der Waals surface area contributed by atoms with E-state index in [4.69, 9.17) is 16.3 Å². The van der Waals surface area contributed by atoms with Crippen molar-refractivity contribution in [3.05, 3.63) is 35.9 Å². The number of pyridine rings is 1. The van der Waals surface area contributed by atoms with Crippen molar-refractivity contribution in [3.63, 3.8) is 0 Å². The van der Waals surface area contributed by atoms with Crippen molar-refractivity contribution >= 4 is 41.4 Å². The van der Waals surface area contributed by atoms with E-state index in [0.29, 0.717) is 17.9 Å². The molecule has 0 bridgehead atoms. The summed E-state index contributed by atoms with van der Waals surface area (Å²) in [4.78, 5) is 28.7. The summed E-state index contributed by atoms with van der Waals surface area (Å²) in [6.07, 6.45) is 6.92. The maximum absolute atomic E-state index is 12.8. The topological polar surface area (TPSA) is 77.3 Å². The van der Waals surface area contributed by atoms with Crippen molar-refractivity contribution in [1.82, 2.24) is 14.8 Å². The Balaban J connectivity index is 2.31. The number of halogens is 1. The number of aromatic nitrogens is 3. The standard InChI is InChI=1S/C16H19ClN4O3S/c1-12(10-25-2)16(23)20(6-7-24-11-22)14-9-21(19-15(14)17)13-4-3-5-18-8-13/h3-5,8-9,11-12H,6-7,10H2,1-2H3. The smallest absolute Gasteiger partial charge is 0.293 e. The van der Waals surface area contributed by atoms with Crippen LogP contribution in [0, 0.1) is 5.92 Å². The third-order valence-electron chi connectivity index (χ3n) is 3.46. The molecule has 0 aliphatic rings. The molecule has 0 aliphatic heterocycles. The van der Waals surface area contributed by atoms with E-state index in [1.807, 2.05) is 19.2 Å². The molecule has 2 heterocycles. The minimum Gasteiger partial charge on any atom is -0.466 e. The number of amides is 1. The van der Waals surface area contributed by atoms with Gasteiger partial charge in [0.2, 0.25) is 5.91 Å². The van der Waals surface area contributed by atoms with E-state index < -0.39 is 0 Å². The van der Waals surface area contributed by atoms with Crippen LogP contribution in [0.25, 0.3) is 5.69 Å². The summed E-state index contributed by atoms with van der Waals surface area (Å²) in [5.74, 6) is 0.374. The predicted molar refractivity (Wildman–Crippen MR) is 98.3 cm³/mol. The van der Waals surface area contributed by atoms with Crippen LogP contribution in [0.4, 0.5) is 5.69 Å². The normalized spacial score (nSPS) is 11.8. The SMILES string of the molecule is CSCC(C)C(=O)N(CCOC=O)c1cn(-c2cccnc2)nc1Cl. The lowest BCUT2D eigenvalue weighted by molar-refractivity contribution is -0.129. The number of hydrogen-bond acceptors (Lipinski definition) is 6. The monoisotopic (exact) mass is 382 g/mol. The summed E-state index contributed by atoms with van der Waals surface area (Å²) in [5, 5.41) is 4.44. The molecule has 0 saturated carbocycles. The molecule has 1 atom stereocenters. The molecule has 25 heavy (non-hydrogen) atoms. The number of ether oxygens (including phenoxy) is 1. The summed E-state index contributed by atoms with van der Waals surface area (Å²) < 4.78 is 6.31. The third kappa shape index (κ3) is 4.96. The predicted octanol–water partition coefficient (Wildman–Crippen LogP) is 2.43. The number of carbonyl (C=O) groups excluding carboxylic acids is 2. The maximum atomic E-state index is 12.8. The largest absolute Gasteiger partial charge is 0.466 e. The van der Waals surface area contributed by atoms with Crippen molar-refractivity contribution in [2.75, 3.05) is 30.1 Å². The van der Waals surface area contributed by atoms with E-state index in [-0.39, 0.29) is 30.1 Å². The van der Waals surface area contributed by atoms with Gasteiger partial charge < -0.3 is 9.64 Å². The van der Waals surface area contributed by atoms with E-state index in [1.54, 1.807) is 41.1 Å². The summed E-state index contributed by atoms with van der Waals surface area (Å²) in [5.41, 5.74) is 1.20. The van der Waals surface area contributed by atoms with Crippen LogP contribution in [0.3, 0.4) is 0 Å². The fourth-order valence-corrected chi connectivity index (χ4v) is 3.15. The highest BCUT2D eigenvalue weighted by Crippen LogP contribution is 2.27. The van der Waals surface area contributed by atoms with E-state index in [0.717, 1.165) is 5.69 Å². The highest BCUT2D eigenvalue weighted by atomic mass is 35.5. The molecule has 0 spiro atoms. The van der Waals surface area contributed by atoms with Gasteiger partial charge in [-0.15, -0.1) is 0 Å². The quantitative estimate of drug-likeness (QED) is 0.489. The van der Waals surface area contributed by atoms with Crippen LogP contribution in [0.15, 0.2) is 30.7 Å². The number of carbonyl (C=O) groups is 2. The first-order chi connectivity index (χ1) is 12.1. The Morgan fingerprint density at radius 3 is 3.00 bits per heavy atom. The van der Waals surface area contributed by atoms with Gasteiger partial charge in [-0.2, -0.15) is 16.9 Å². The maximum Gasteiger partial charge on any atom is 0.293 e. The minimum atomic E-state index is -0.205. The third-order valence-corrected chi connectivity index (χ3v) is 4.56. The zero-order chi connectivity index (χ0) is 18.2. The van der Waals surface area contributed by atoms with Gasteiger partial charge in [-0.05, 0) is 18.4 Å². The molecule has 7 nitrogen and oxygen atoms in total. The van der Waals surface area contributed by atoms with Crippen molar-refractivity contribution in [3.8, 4) is 5.69 Å². The molecule has 0 radical (unpaired) electrons. The second kappa shape index (κ2) is 9.43. The number of thioether (sulfide) groups is 1. The van der Waals surface area contributed by atoms with Gasteiger partial charge >= 0.3 is 0 Å². The van der Waals surface area contributed by atoms with E-state index in [1.165, 1.54) is 4.90 Å². The lowest BCUT2D eigenvalue weighted by Crippen LogP contribution is -2.38. The fraction of sp³-hybridized carbons (Fsp3) is 0.375. The number of anilines is 1. The molecular weight excluding hydrogens is 364 g/mol. The molecule has 1 unspecified atom stereocenters. The van der Waals surface area contributed by atoms with Crippen molar-refractivity contribution in [1.29, 1.82) is 0 Å². The van der Waals surface area contributed by atoms with Gasteiger partial charge in [0, 0.05) is 17.9 Å². The fourth-order valence-electron chi connectivity index (χ4n) is 2.28. The zero-order valence-electron chi connectivity index (χ0n) is 14.0. The van der Waals surface area contributed by atoms with Crippen molar-refractivity contribution < 1.29 is 14.3 Å². The van der Waals surface area contributed by atoms with Crippen molar-refractivity contribution in [2.24, 2.45) is 5.92 Å². The first-order valence-electron chi connectivity index (χ1n) is 7.59. The summed E-state index contributed by atoms with van der Waals surface area (Å²) in [7, 11) is 0. The minimum absolute atomic E-state index is 0.0790. The highest BCUT2D eigenvalue weighted by Gasteiger charge is 2.25. The molecule has 0 aromatic carbocycles. The van der Waals surface area contributed by atoms with Gasteiger partial charge in [-0.3, -0.25) is 14.6 Å².